The van der Waals surface area contributed by atoms with Crippen molar-refractivity contribution >= 4 is 40.3 Å². The Morgan fingerprint density at radius 3 is 2.61 bits per heavy atom. The number of hydrogen-bond acceptors (Lipinski definition) is 3. The van der Waals surface area contributed by atoms with Crippen LogP contribution in [-0.2, 0) is 4.79 Å². The van der Waals surface area contributed by atoms with Gasteiger partial charge in [-0.2, -0.15) is 0 Å². The number of carbonyl (C=O) groups is 1. The second-order valence-corrected chi connectivity index (χ2v) is 9.21. The van der Waals surface area contributed by atoms with E-state index in [9.17, 15) is 4.79 Å². The Morgan fingerprint density at radius 2 is 1.90 bits per heavy atom. The van der Waals surface area contributed by atoms with E-state index in [0.717, 1.165) is 43.3 Å². The van der Waals surface area contributed by atoms with Crippen molar-refractivity contribution < 1.29 is 4.79 Å². The lowest BCUT2D eigenvalue weighted by Gasteiger charge is -2.33. The largest absolute Gasteiger partial charge is 0.371 e. The number of piperidine rings is 1. The Labute approximate surface area is 190 Å². The van der Waals surface area contributed by atoms with Gasteiger partial charge in [-0.15, -0.1) is 0 Å². The molecular formula is C25H32N4OS. The Bertz CT molecular complexity index is 929. The van der Waals surface area contributed by atoms with Crippen molar-refractivity contribution in [1.82, 2.24) is 5.32 Å². The normalized spacial score (nSPS) is 19.9. The number of nitrogens with zero attached hydrogens (tertiary/aromatic N) is 2. The minimum absolute atomic E-state index is 0.0951. The highest BCUT2D eigenvalue weighted by Gasteiger charge is 2.22. The number of nitrogens with one attached hydrogen (secondary N) is 2. The van der Waals surface area contributed by atoms with Gasteiger partial charge in [0.15, 0.2) is 5.11 Å². The highest BCUT2D eigenvalue weighted by Crippen LogP contribution is 2.26. The number of anilines is 3. The molecule has 2 atom stereocenters. The minimum Gasteiger partial charge on any atom is -0.371 e. The third-order valence-corrected chi connectivity index (χ3v) is 6.47. The number of benzene rings is 2. The quantitative estimate of drug-likeness (QED) is 0.639. The van der Waals surface area contributed by atoms with Crippen LogP contribution in [0.3, 0.4) is 0 Å². The summed E-state index contributed by atoms with van der Waals surface area (Å²) in [4.78, 5) is 16.3. The average Bonchev–Trinajstić information content (AvgIpc) is 3.20. The van der Waals surface area contributed by atoms with E-state index >= 15 is 0 Å². The summed E-state index contributed by atoms with van der Waals surface area (Å²) in [5, 5.41) is 7.21. The van der Waals surface area contributed by atoms with Gasteiger partial charge in [-0.3, -0.25) is 4.79 Å². The lowest BCUT2D eigenvalue weighted by atomic mass is 9.99. The molecule has 2 saturated heterocycles. The topological polar surface area (TPSA) is 47.6 Å². The number of thiocarbonyl (C=S) groups is 1. The van der Waals surface area contributed by atoms with Crippen LogP contribution in [-0.4, -0.2) is 30.7 Å². The van der Waals surface area contributed by atoms with Gasteiger partial charge in [0.25, 0.3) is 0 Å². The Morgan fingerprint density at radius 1 is 1.10 bits per heavy atom. The van der Waals surface area contributed by atoms with Crippen LogP contribution in [0.15, 0.2) is 48.5 Å². The lowest BCUT2D eigenvalue weighted by Crippen LogP contribution is -2.34. The van der Waals surface area contributed by atoms with Crippen molar-refractivity contribution in [2.75, 3.05) is 34.8 Å². The Balaban J connectivity index is 1.34. The van der Waals surface area contributed by atoms with Crippen LogP contribution in [0.5, 0.6) is 0 Å². The van der Waals surface area contributed by atoms with Crippen LogP contribution in [0.25, 0.3) is 0 Å². The lowest BCUT2D eigenvalue weighted by molar-refractivity contribution is -0.117. The van der Waals surface area contributed by atoms with Gasteiger partial charge < -0.3 is 20.4 Å². The highest BCUT2D eigenvalue weighted by molar-refractivity contribution is 7.80. The van der Waals surface area contributed by atoms with Gasteiger partial charge in [-0.05, 0) is 80.2 Å². The molecule has 2 N–H and O–H groups in total. The Hall–Kier alpha value is -2.60. The molecule has 0 radical (unpaired) electrons. The van der Waals surface area contributed by atoms with Crippen LogP contribution in [0.4, 0.5) is 17.1 Å². The number of hydrogen-bond donors (Lipinski definition) is 2. The first-order valence-electron chi connectivity index (χ1n) is 11.3. The first-order chi connectivity index (χ1) is 15.0. The van der Waals surface area contributed by atoms with Crippen LogP contribution in [0.1, 0.15) is 51.1 Å². The first-order valence-corrected chi connectivity index (χ1v) is 11.7. The molecule has 2 heterocycles. The van der Waals surface area contributed by atoms with Gasteiger partial charge >= 0.3 is 0 Å². The molecule has 2 fully saturated rings. The van der Waals surface area contributed by atoms with Crippen molar-refractivity contribution in [3.63, 3.8) is 0 Å². The van der Waals surface area contributed by atoms with E-state index in [4.69, 9.17) is 12.2 Å². The zero-order valence-corrected chi connectivity index (χ0v) is 19.3. The highest BCUT2D eigenvalue weighted by atomic mass is 32.1. The molecule has 2 aliphatic rings. The van der Waals surface area contributed by atoms with E-state index in [1.807, 2.05) is 29.2 Å². The number of amides is 1. The fourth-order valence-corrected chi connectivity index (χ4v) is 4.81. The summed E-state index contributed by atoms with van der Waals surface area (Å²) >= 11 is 5.54. The first kappa shape index (κ1) is 21.6. The number of rotatable bonds is 5. The second-order valence-electron chi connectivity index (χ2n) is 8.80. The van der Waals surface area contributed by atoms with Crippen molar-refractivity contribution in [3.05, 3.63) is 54.1 Å². The second kappa shape index (κ2) is 9.69. The third-order valence-electron chi connectivity index (χ3n) is 6.25. The molecule has 0 saturated carbocycles. The van der Waals surface area contributed by atoms with E-state index in [1.165, 1.54) is 24.1 Å². The summed E-state index contributed by atoms with van der Waals surface area (Å²) in [5.41, 5.74) is 4.31. The Kier molecular flexibility index (Phi) is 6.76. The maximum absolute atomic E-state index is 12.0. The molecule has 5 nitrogen and oxygen atoms in total. The van der Waals surface area contributed by atoms with Crippen LogP contribution in [0.2, 0.25) is 0 Å². The predicted octanol–water partition coefficient (Wildman–Crippen LogP) is 5.10. The molecule has 2 aromatic rings. The van der Waals surface area contributed by atoms with Gasteiger partial charge in [0, 0.05) is 43.1 Å². The summed E-state index contributed by atoms with van der Waals surface area (Å²) in [6, 6.07) is 16.8. The average molecular weight is 437 g/mol. The fraction of sp³-hybridized carbons (Fsp3) is 0.440. The van der Waals surface area contributed by atoms with Crippen molar-refractivity contribution in [2.45, 2.75) is 45.6 Å². The van der Waals surface area contributed by atoms with Gasteiger partial charge in [-0.1, -0.05) is 25.1 Å². The van der Waals surface area contributed by atoms with Gasteiger partial charge in [-0.25, -0.2) is 0 Å². The smallest absolute Gasteiger partial charge is 0.227 e. The minimum atomic E-state index is 0.0951. The van der Waals surface area contributed by atoms with Crippen molar-refractivity contribution in [3.8, 4) is 0 Å². The molecule has 0 aromatic heterocycles. The predicted molar refractivity (Wildman–Crippen MR) is 133 cm³/mol. The monoisotopic (exact) mass is 436 g/mol. The third kappa shape index (κ3) is 5.37. The fourth-order valence-electron chi connectivity index (χ4n) is 4.52. The molecule has 2 unspecified atom stereocenters. The van der Waals surface area contributed by atoms with Crippen LogP contribution >= 0.6 is 12.2 Å². The molecule has 1 amide bonds. The zero-order valence-electron chi connectivity index (χ0n) is 18.4. The summed E-state index contributed by atoms with van der Waals surface area (Å²) in [7, 11) is 0. The van der Waals surface area contributed by atoms with E-state index in [0.29, 0.717) is 11.5 Å². The molecule has 0 aliphatic carbocycles. The molecule has 2 aromatic carbocycles. The zero-order chi connectivity index (χ0) is 21.8. The molecule has 6 heteroatoms. The van der Waals surface area contributed by atoms with E-state index in [2.05, 4.69) is 53.6 Å². The van der Waals surface area contributed by atoms with Gasteiger partial charge in [0.05, 0.1) is 6.04 Å². The van der Waals surface area contributed by atoms with Gasteiger partial charge in [0.1, 0.15) is 0 Å². The molecule has 0 bridgehead atoms. The molecule has 0 spiro atoms. The molecular weight excluding hydrogens is 404 g/mol. The molecule has 4 rings (SSSR count). The maximum atomic E-state index is 12.0. The summed E-state index contributed by atoms with van der Waals surface area (Å²) in [6.07, 6.45) is 4.15. The van der Waals surface area contributed by atoms with E-state index in [1.54, 1.807) is 0 Å². The van der Waals surface area contributed by atoms with Crippen molar-refractivity contribution in [1.29, 1.82) is 0 Å². The van der Waals surface area contributed by atoms with Crippen molar-refractivity contribution in [2.24, 2.45) is 5.92 Å². The number of carbonyl (C=O) groups excluding carboxylic acids is 1. The SMILES string of the molecule is CC1CCCN(c2ccc(C(C)NC(=S)Nc3cccc(N4CCCC4=O)c3)cc2)C1. The maximum Gasteiger partial charge on any atom is 0.227 e. The van der Waals surface area contributed by atoms with E-state index in [-0.39, 0.29) is 11.9 Å². The standard InChI is InChI=1S/C25H32N4OS/c1-18-6-4-14-28(17-18)22-12-10-20(11-13-22)19(2)26-25(31)27-21-7-3-8-23(16-21)29-15-5-9-24(29)30/h3,7-8,10-13,16,18-19H,4-6,9,14-15,17H2,1-2H3,(H2,26,27,31). The van der Waals surface area contributed by atoms with Crippen LogP contribution in [0, 0.1) is 5.92 Å². The van der Waals surface area contributed by atoms with E-state index < -0.39 is 0 Å². The molecule has 31 heavy (non-hydrogen) atoms. The summed E-state index contributed by atoms with van der Waals surface area (Å²) in [5.74, 6) is 0.952. The van der Waals surface area contributed by atoms with Crippen LogP contribution < -0.4 is 20.4 Å². The molecule has 164 valence electrons. The summed E-state index contributed by atoms with van der Waals surface area (Å²) < 4.78 is 0. The summed E-state index contributed by atoms with van der Waals surface area (Å²) in [6.45, 7) is 7.52. The van der Waals surface area contributed by atoms with Gasteiger partial charge in [0.2, 0.25) is 5.91 Å². The molecule has 2 aliphatic heterocycles.